The first-order valence-electron chi connectivity index (χ1n) is 20.8. The SMILES string of the molecule is COC(=O)c1sc(C#CC(C)(C)C)cc1Br.COC(=O)c1sc(C#CC(C)(C)C)cc1N1C(=O)CCC[C@H]1C1CCCCC1.O=C1CCCC(C2CCCCC2)N1. The van der Waals surface area contributed by atoms with E-state index in [9.17, 15) is 19.2 Å². The first-order valence-corrected chi connectivity index (χ1v) is 23.2. The maximum absolute atomic E-state index is 13.0. The summed E-state index contributed by atoms with van der Waals surface area (Å²) in [6.07, 6.45) is 18.5. The lowest BCUT2D eigenvalue weighted by molar-refractivity contribution is -0.124. The van der Waals surface area contributed by atoms with Gasteiger partial charge < -0.3 is 19.7 Å². The van der Waals surface area contributed by atoms with Crippen molar-refractivity contribution in [2.24, 2.45) is 22.7 Å². The van der Waals surface area contributed by atoms with E-state index < -0.39 is 0 Å². The van der Waals surface area contributed by atoms with Gasteiger partial charge in [0.15, 0.2) is 0 Å². The van der Waals surface area contributed by atoms with Gasteiger partial charge in [-0.2, -0.15) is 0 Å². The summed E-state index contributed by atoms with van der Waals surface area (Å²) in [7, 11) is 2.76. The van der Waals surface area contributed by atoms with E-state index in [2.05, 4.69) is 70.4 Å². The van der Waals surface area contributed by atoms with Crippen LogP contribution in [0.3, 0.4) is 0 Å². The van der Waals surface area contributed by atoms with Crippen LogP contribution < -0.4 is 10.2 Å². The summed E-state index contributed by atoms with van der Waals surface area (Å²) >= 11 is 5.99. The van der Waals surface area contributed by atoms with Crippen LogP contribution in [0.2, 0.25) is 0 Å². The molecule has 57 heavy (non-hydrogen) atoms. The van der Waals surface area contributed by atoms with Crippen molar-refractivity contribution in [1.29, 1.82) is 0 Å². The molecule has 1 unspecified atom stereocenters. The van der Waals surface area contributed by atoms with Gasteiger partial charge in [0.25, 0.3) is 0 Å². The normalized spacial score (nSPS) is 20.5. The molecule has 312 valence electrons. The van der Waals surface area contributed by atoms with Crippen LogP contribution in [0.15, 0.2) is 16.6 Å². The second-order valence-corrected chi connectivity index (χ2v) is 20.6. The number of esters is 2. The summed E-state index contributed by atoms with van der Waals surface area (Å²) in [4.78, 5) is 52.7. The van der Waals surface area contributed by atoms with E-state index in [4.69, 9.17) is 4.74 Å². The predicted octanol–water partition coefficient (Wildman–Crippen LogP) is 11.3. The first kappa shape index (κ1) is 46.6. The van der Waals surface area contributed by atoms with E-state index in [1.807, 2.05) is 37.8 Å². The van der Waals surface area contributed by atoms with Crippen LogP contribution in [-0.4, -0.2) is 50.1 Å². The molecule has 2 atom stereocenters. The molecule has 4 heterocycles. The van der Waals surface area contributed by atoms with Crippen LogP contribution in [-0.2, 0) is 19.1 Å². The number of hydrogen-bond acceptors (Lipinski definition) is 8. The number of anilines is 1. The molecule has 2 aromatic heterocycles. The van der Waals surface area contributed by atoms with Crippen molar-refractivity contribution in [2.75, 3.05) is 19.1 Å². The summed E-state index contributed by atoms with van der Waals surface area (Å²) in [6.45, 7) is 12.3. The van der Waals surface area contributed by atoms with Crippen LogP contribution in [0.4, 0.5) is 5.69 Å². The molecular formula is C46H63BrN2O6S2. The monoisotopic (exact) mass is 882 g/mol. The zero-order valence-corrected chi connectivity index (χ0v) is 38.6. The van der Waals surface area contributed by atoms with E-state index in [0.717, 1.165) is 45.8 Å². The van der Waals surface area contributed by atoms with E-state index >= 15 is 0 Å². The minimum atomic E-state index is -0.385. The lowest BCUT2D eigenvalue weighted by atomic mass is 9.79. The Hall–Kier alpha value is -3.12. The molecule has 2 saturated heterocycles. The van der Waals surface area contributed by atoms with Crippen molar-refractivity contribution in [1.82, 2.24) is 5.32 Å². The molecule has 2 aromatic rings. The number of carbonyl (C=O) groups is 4. The molecule has 6 rings (SSSR count). The van der Waals surface area contributed by atoms with Gasteiger partial charge in [-0.25, -0.2) is 9.59 Å². The molecule has 11 heteroatoms. The van der Waals surface area contributed by atoms with Gasteiger partial charge in [-0.05, 0) is 133 Å². The van der Waals surface area contributed by atoms with Gasteiger partial charge in [0.1, 0.15) is 9.75 Å². The number of hydrogen-bond donors (Lipinski definition) is 1. The van der Waals surface area contributed by atoms with Crippen molar-refractivity contribution in [2.45, 2.75) is 156 Å². The van der Waals surface area contributed by atoms with Crippen molar-refractivity contribution >= 4 is 68.0 Å². The van der Waals surface area contributed by atoms with Gasteiger partial charge in [-0.3, -0.25) is 9.59 Å². The summed E-state index contributed by atoms with van der Waals surface area (Å²) in [6, 6.07) is 4.47. The maximum Gasteiger partial charge on any atom is 0.350 e. The van der Waals surface area contributed by atoms with Crippen LogP contribution in [0.25, 0.3) is 0 Å². The highest BCUT2D eigenvalue weighted by Gasteiger charge is 2.38. The average Bonchev–Trinajstić information content (AvgIpc) is 3.79. The van der Waals surface area contributed by atoms with Gasteiger partial charge in [0, 0.05) is 40.2 Å². The molecule has 0 radical (unpaired) electrons. The fourth-order valence-electron chi connectivity index (χ4n) is 7.92. The Labute approximate surface area is 358 Å². The van der Waals surface area contributed by atoms with Crippen molar-refractivity contribution in [3.63, 3.8) is 0 Å². The fraction of sp³-hybridized carbons (Fsp3) is 0.652. The smallest absolute Gasteiger partial charge is 0.350 e. The Morgan fingerprint density at radius 3 is 1.75 bits per heavy atom. The standard InChI is InChI=1S/C23H31NO3S.C12H13BrO2S.C11H19NO/c1-23(2,3)14-13-17-15-19(21(28-17)22(26)27-4)24-18(11-8-12-20(24)25)16-9-6-5-7-10-16;1-12(2,3)6-5-8-7-9(13)10(16-8)11(14)15-4;13-11-8-4-7-10(12-11)9-5-2-1-3-6-9/h15-16,18H,5-12H2,1-4H3;7H,1-4H3;9-10H,1-8H2,(H,12,13)/t18-;;/m0../s1. The molecule has 8 nitrogen and oxygen atoms in total. The van der Waals surface area contributed by atoms with Gasteiger partial charge >= 0.3 is 11.9 Å². The number of nitrogens with zero attached hydrogens (tertiary/aromatic N) is 1. The number of ether oxygens (including phenoxy) is 2. The highest BCUT2D eigenvalue weighted by atomic mass is 79.9. The maximum atomic E-state index is 13.0. The summed E-state index contributed by atoms with van der Waals surface area (Å²) in [5, 5.41) is 3.15. The third-order valence-corrected chi connectivity index (χ3v) is 13.6. The molecule has 2 amide bonds. The second-order valence-electron chi connectivity index (χ2n) is 17.7. The highest BCUT2D eigenvalue weighted by molar-refractivity contribution is 9.10. The summed E-state index contributed by atoms with van der Waals surface area (Å²) in [5.41, 5.74) is 0.540. The zero-order chi connectivity index (χ0) is 41.8. The van der Waals surface area contributed by atoms with Crippen LogP contribution >= 0.6 is 38.6 Å². The molecule has 4 fully saturated rings. The van der Waals surface area contributed by atoms with E-state index in [0.29, 0.717) is 33.8 Å². The van der Waals surface area contributed by atoms with Gasteiger partial charge in [-0.15, -0.1) is 22.7 Å². The third kappa shape index (κ3) is 14.6. The molecule has 0 spiro atoms. The number of piperidine rings is 2. The Bertz CT molecular complexity index is 1820. The number of carbonyl (C=O) groups excluding carboxylic acids is 4. The molecule has 4 aliphatic rings. The van der Waals surface area contributed by atoms with Gasteiger partial charge in [0.2, 0.25) is 11.8 Å². The van der Waals surface area contributed by atoms with Crippen LogP contribution in [0, 0.1) is 46.3 Å². The average molecular weight is 884 g/mol. The number of nitrogens with one attached hydrogen (secondary N) is 1. The number of thiophene rings is 2. The van der Waals surface area contributed by atoms with E-state index in [-0.39, 0.29) is 40.6 Å². The fourth-order valence-corrected chi connectivity index (χ4v) is 10.4. The lowest BCUT2D eigenvalue weighted by Crippen LogP contribution is -2.48. The summed E-state index contributed by atoms with van der Waals surface area (Å²) < 4.78 is 10.4. The lowest BCUT2D eigenvalue weighted by Gasteiger charge is -2.41. The van der Waals surface area contributed by atoms with Gasteiger partial charge in [0.05, 0.1) is 29.7 Å². The second kappa shape index (κ2) is 21.8. The molecule has 0 aromatic carbocycles. The molecule has 2 saturated carbocycles. The summed E-state index contributed by atoms with van der Waals surface area (Å²) in [5.74, 6) is 13.6. The quantitative estimate of drug-likeness (QED) is 0.237. The van der Waals surface area contributed by atoms with Crippen molar-refractivity contribution < 1.29 is 28.7 Å². The van der Waals surface area contributed by atoms with Crippen LogP contribution in [0.5, 0.6) is 0 Å². The van der Waals surface area contributed by atoms with E-state index in [1.54, 1.807) is 0 Å². The van der Waals surface area contributed by atoms with Gasteiger partial charge in [-0.1, -0.05) is 62.2 Å². The Balaban J connectivity index is 0.000000209. The minimum absolute atomic E-state index is 0.0398. The Morgan fingerprint density at radius 2 is 1.21 bits per heavy atom. The number of rotatable bonds is 5. The van der Waals surface area contributed by atoms with Crippen molar-refractivity contribution in [3.8, 4) is 23.7 Å². The topological polar surface area (TPSA) is 102 Å². The van der Waals surface area contributed by atoms with E-state index in [1.165, 1.54) is 108 Å². The first-order chi connectivity index (χ1) is 27.0. The number of methoxy groups -OCH3 is 2. The molecule has 0 bridgehead atoms. The number of halogens is 1. The molecule has 2 aliphatic heterocycles. The highest BCUT2D eigenvalue weighted by Crippen LogP contribution is 2.41. The molecule has 2 aliphatic carbocycles. The largest absolute Gasteiger partial charge is 0.465 e. The molecular weight excluding hydrogens is 821 g/mol. The van der Waals surface area contributed by atoms with Crippen molar-refractivity contribution in [3.05, 3.63) is 36.1 Å². The Kier molecular flexibility index (Phi) is 17.8. The Morgan fingerprint density at radius 1 is 0.702 bits per heavy atom. The number of amides is 2. The third-order valence-electron chi connectivity index (χ3n) is 10.7. The predicted molar refractivity (Wildman–Crippen MR) is 236 cm³/mol. The molecule has 1 N–H and O–H groups in total. The zero-order valence-electron chi connectivity index (χ0n) is 35.4. The minimum Gasteiger partial charge on any atom is -0.465 e. The van der Waals surface area contributed by atoms with Crippen LogP contribution in [0.1, 0.15) is 173 Å².